The van der Waals surface area contributed by atoms with Gasteiger partial charge >= 0.3 is 0 Å². The molecule has 0 saturated carbocycles. The van der Waals surface area contributed by atoms with Gasteiger partial charge in [-0.25, -0.2) is 0 Å². The van der Waals surface area contributed by atoms with Gasteiger partial charge in [-0.1, -0.05) is 54.1 Å². The van der Waals surface area contributed by atoms with Crippen LogP contribution in [0.3, 0.4) is 0 Å². The second-order valence-electron chi connectivity index (χ2n) is 6.22. The van der Waals surface area contributed by atoms with Gasteiger partial charge in [0.1, 0.15) is 12.4 Å². The molecular formula is C22H21BrO. The molecule has 0 fully saturated rings. The average molecular weight is 381 g/mol. The van der Waals surface area contributed by atoms with Crippen molar-refractivity contribution in [3.05, 3.63) is 87.4 Å². The Morgan fingerprint density at radius 3 is 2.25 bits per heavy atom. The molecule has 0 atom stereocenters. The van der Waals surface area contributed by atoms with Crippen molar-refractivity contribution in [3.63, 3.8) is 0 Å². The molecule has 0 spiro atoms. The molecule has 24 heavy (non-hydrogen) atoms. The zero-order valence-electron chi connectivity index (χ0n) is 14.3. The lowest BCUT2D eigenvalue weighted by Crippen LogP contribution is -1.99. The largest absolute Gasteiger partial charge is 0.487 e. The Hall–Kier alpha value is -2.06. The summed E-state index contributed by atoms with van der Waals surface area (Å²) in [5, 5.41) is 0. The molecule has 0 amide bonds. The average Bonchev–Trinajstić information content (AvgIpc) is 2.54. The Morgan fingerprint density at radius 2 is 1.54 bits per heavy atom. The van der Waals surface area contributed by atoms with E-state index in [1.54, 1.807) is 0 Å². The molecule has 0 N–H and O–H groups in total. The van der Waals surface area contributed by atoms with Crippen LogP contribution < -0.4 is 4.74 Å². The Morgan fingerprint density at radius 1 is 0.792 bits per heavy atom. The highest BCUT2D eigenvalue weighted by Crippen LogP contribution is 2.39. The molecule has 0 heterocycles. The first-order chi connectivity index (χ1) is 11.5. The van der Waals surface area contributed by atoms with Gasteiger partial charge in [0.05, 0.1) is 4.47 Å². The van der Waals surface area contributed by atoms with E-state index in [9.17, 15) is 0 Å². The summed E-state index contributed by atoms with van der Waals surface area (Å²) in [6.07, 6.45) is 0. The maximum absolute atomic E-state index is 6.20. The highest BCUT2D eigenvalue weighted by atomic mass is 79.9. The van der Waals surface area contributed by atoms with Crippen molar-refractivity contribution < 1.29 is 4.74 Å². The third-order valence-electron chi connectivity index (χ3n) is 4.09. The van der Waals surface area contributed by atoms with Crippen LogP contribution in [0.5, 0.6) is 5.75 Å². The fraction of sp³-hybridized carbons (Fsp3) is 0.182. The lowest BCUT2D eigenvalue weighted by molar-refractivity contribution is 0.305. The third-order valence-corrected chi connectivity index (χ3v) is 4.68. The lowest BCUT2D eigenvalue weighted by Gasteiger charge is -2.17. The van der Waals surface area contributed by atoms with Crippen molar-refractivity contribution in [1.29, 1.82) is 0 Å². The van der Waals surface area contributed by atoms with E-state index in [0.29, 0.717) is 6.61 Å². The van der Waals surface area contributed by atoms with Crippen LogP contribution >= 0.6 is 15.9 Å². The Balaban J connectivity index is 2.02. The minimum atomic E-state index is 0.556. The summed E-state index contributed by atoms with van der Waals surface area (Å²) in [5.41, 5.74) is 7.26. The maximum Gasteiger partial charge on any atom is 0.141 e. The van der Waals surface area contributed by atoms with Crippen molar-refractivity contribution in [2.45, 2.75) is 27.4 Å². The van der Waals surface area contributed by atoms with E-state index >= 15 is 0 Å². The van der Waals surface area contributed by atoms with E-state index in [-0.39, 0.29) is 0 Å². The normalized spacial score (nSPS) is 10.7. The number of halogens is 1. The monoisotopic (exact) mass is 380 g/mol. The van der Waals surface area contributed by atoms with Crippen molar-refractivity contribution in [1.82, 2.24) is 0 Å². The van der Waals surface area contributed by atoms with Crippen LogP contribution in [0.25, 0.3) is 11.1 Å². The van der Waals surface area contributed by atoms with Crippen LogP contribution in [-0.2, 0) is 6.61 Å². The van der Waals surface area contributed by atoms with Crippen LogP contribution in [0.2, 0.25) is 0 Å². The van der Waals surface area contributed by atoms with Crippen LogP contribution in [-0.4, -0.2) is 0 Å². The van der Waals surface area contributed by atoms with Crippen molar-refractivity contribution >= 4 is 15.9 Å². The first-order valence-corrected chi connectivity index (χ1v) is 8.88. The third kappa shape index (κ3) is 3.70. The maximum atomic E-state index is 6.20. The highest BCUT2D eigenvalue weighted by molar-refractivity contribution is 9.10. The predicted octanol–water partition coefficient (Wildman–Crippen LogP) is 6.62. The summed E-state index contributed by atoms with van der Waals surface area (Å²) in [7, 11) is 0. The molecule has 1 nitrogen and oxygen atoms in total. The van der Waals surface area contributed by atoms with E-state index < -0.39 is 0 Å². The molecule has 0 aromatic heterocycles. The number of hydrogen-bond donors (Lipinski definition) is 0. The van der Waals surface area contributed by atoms with Gasteiger partial charge in [-0.3, -0.25) is 0 Å². The SMILES string of the molecule is Cc1ccc(-c2cc(C)cc(Br)c2OCc2ccccc2)c(C)c1. The first kappa shape index (κ1) is 16.8. The Bertz CT molecular complexity index is 853. The summed E-state index contributed by atoms with van der Waals surface area (Å²) < 4.78 is 7.20. The molecule has 0 aliphatic heterocycles. The molecule has 0 aliphatic carbocycles. The van der Waals surface area contributed by atoms with Gasteiger partial charge in [-0.15, -0.1) is 0 Å². The molecule has 3 aromatic carbocycles. The standard InChI is InChI=1S/C22H21BrO/c1-15-9-10-19(17(3)11-15)20-12-16(2)13-21(23)22(20)24-14-18-7-5-4-6-8-18/h4-13H,14H2,1-3H3. The topological polar surface area (TPSA) is 9.23 Å². The molecule has 3 aromatic rings. The van der Waals surface area contributed by atoms with E-state index in [4.69, 9.17) is 4.74 Å². The molecule has 2 heteroatoms. The second kappa shape index (κ2) is 7.23. The summed E-state index contributed by atoms with van der Waals surface area (Å²) in [6, 6.07) is 21.1. The minimum absolute atomic E-state index is 0.556. The number of benzene rings is 3. The van der Waals surface area contributed by atoms with E-state index in [2.05, 4.69) is 79.2 Å². The zero-order chi connectivity index (χ0) is 17.1. The Labute approximate surface area is 152 Å². The predicted molar refractivity (Wildman–Crippen MR) is 105 cm³/mol. The van der Waals surface area contributed by atoms with Gasteiger partial charge in [0.15, 0.2) is 0 Å². The highest BCUT2D eigenvalue weighted by Gasteiger charge is 2.14. The molecule has 0 bridgehead atoms. The lowest BCUT2D eigenvalue weighted by atomic mass is 9.96. The van der Waals surface area contributed by atoms with Crippen LogP contribution in [0.1, 0.15) is 22.3 Å². The van der Waals surface area contributed by atoms with Crippen LogP contribution in [0, 0.1) is 20.8 Å². The summed E-state index contributed by atoms with van der Waals surface area (Å²) in [4.78, 5) is 0. The molecule has 3 rings (SSSR count). The fourth-order valence-corrected chi connectivity index (χ4v) is 3.61. The van der Waals surface area contributed by atoms with Crippen LogP contribution in [0.15, 0.2) is 65.1 Å². The molecule has 0 unspecified atom stereocenters. The van der Waals surface area contributed by atoms with Gasteiger partial charge in [0, 0.05) is 5.56 Å². The molecule has 0 radical (unpaired) electrons. The summed E-state index contributed by atoms with van der Waals surface area (Å²) in [5.74, 6) is 0.899. The van der Waals surface area contributed by atoms with Gasteiger partial charge < -0.3 is 4.74 Å². The van der Waals surface area contributed by atoms with Crippen LogP contribution in [0.4, 0.5) is 0 Å². The number of rotatable bonds is 4. The van der Waals surface area contributed by atoms with Gasteiger partial charge in [-0.2, -0.15) is 0 Å². The number of ether oxygens (including phenoxy) is 1. The van der Waals surface area contributed by atoms with Crippen molar-refractivity contribution in [3.8, 4) is 16.9 Å². The van der Waals surface area contributed by atoms with Crippen molar-refractivity contribution in [2.75, 3.05) is 0 Å². The zero-order valence-corrected chi connectivity index (χ0v) is 15.9. The number of hydrogen-bond acceptors (Lipinski definition) is 1. The summed E-state index contributed by atoms with van der Waals surface area (Å²) >= 11 is 3.68. The van der Waals surface area contributed by atoms with E-state index in [0.717, 1.165) is 21.3 Å². The summed E-state index contributed by atoms with van der Waals surface area (Å²) in [6.45, 7) is 6.94. The molecule has 0 aliphatic rings. The molecule has 122 valence electrons. The first-order valence-electron chi connectivity index (χ1n) is 8.09. The smallest absolute Gasteiger partial charge is 0.141 e. The number of aryl methyl sites for hydroxylation is 3. The van der Waals surface area contributed by atoms with Gasteiger partial charge in [0.2, 0.25) is 0 Å². The minimum Gasteiger partial charge on any atom is -0.487 e. The van der Waals surface area contributed by atoms with E-state index in [1.165, 1.54) is 22.3 Å². The van der Waals surface area contributed by atoms with Gasteiger partial charge in [-0.05, 0) is 71.1 Å². The molecule has 0 saturated heterocycles. The Kier molecular flexibility index (Phi) is 5.06. The van der Waals surface area contributed by atoms with Crippen molar-refractivity contribution in [2.24, 2.45) is 0 Å². The quantitative estimate of drug-likeness (QED) is 0.493. The van der Waals surface area contributed by atoms with Gasteiger partial charge in [0.25, 0.3) is 0 Å². The second-order valence-corrected chi connectivity index (χ2v) is 7.07. The van der Waals surface area contributed by atoms with E-state index in [1.807, 2.05) is 18.2 Å². The molecular weight excluding hydrogens is 360 g/mol. The fourth-order valence-electron chi connectivity index (χ4n) is 2.92.